The topological polar surface area (TPSA) is 49.0 Å². The van der Waals surface area contributed by atoms with Crippen molar-refractivity contribution < 1.29 is 13.2 Å². The van der Waals surface area contributed by atoms with Gasteiger partial charge in [-0.25, -0.2) is 5.10 Å². The Balaban J connectivity index is 2.10. The Morgan fingerprint density at radius 3 is 2.61 bits per heavy atom. The van der Waals surface area contributed by atoms with Gasteiger partial charge < -0.3 is 4.90 Å². The van der Waals surface area contributed by atoms with Gasteiger partial charge in [0, 0.05) is 12.7 Å². The normalized spacial score (nSPS) is 17.4. The molecule has 2 unspecified atom stereocenters. The number of rotatable bonds is 10. The molecule has 1 aromatic heterocycles. The molecule has 0 aliphatic heterocycles. The number of fused-ring (bicyclic) bond motifs is 1. The number of aromatic nitrogens is 2. The molecule has 0 saturated carbocycles. The third-order valence-corrected chi connectivity index (χ3v) is 5.85. The van der Waals surface area contributed by atoms with Gasteiger partial charge in [-0.2, -0.15) is 18.3 Å². The Morgan fingerprint density at radius 2 is 2.00 bits per heavy atom. The summed E-state index contributed by atoms with van der Waals surface area (Å²) < 4.78 is 39.9. The Bertz CT molecular complexity index is 727. The molecule has 1 N–H and O–H groups in total. The lowest BCUT2D eigenvalue weighted by atomic mass is 9.91. The maximum Gasteiger partial charge on any atom is 0.422 e. The van der Waals surface area contributed by atoms with Crippen molar-refractivity contribution in [2.45, 2.75) is 83.9 Å². The summed E-state index contributed by atoms with van der Waals surface area (Å²) in [5.41, 5.74) is -0.982. The molecule has 0 aromatic carbocycles. The number of halogens is 3. The fraction of sp³-hybridized carbons (Fsp3) is 0.714. The second-order valence-corrected chi connectivity index (χ2v) is 7.86. The minimum Gasteiger partial charge on any atom is -0.370 e. The first-order valence-electron chi connectivity index (χ1n) is 10.3. The van der Waals surface area contributed by atoms with Crippen LogP contribution < -0.4 is 5.56 Å². The number of unbranched alkanes of at least 4 members (excludes halogenated alkanes) is 1. The van der Waals surface area contributed by atoms with E-state index in [1.165, 1.54) is 25.7 Å². The van der Waals surface area contributed by atoms with Gasteiger partial charge in [-0.15, -0.1) is 0 Å². The van der Waals surface area contributed by atoms with E-state index in [9.17, 15) is 18.0 Å². The highest BCUT2D eigenvalue weighted by atomic mass is 19.4. The van der Waals surface area contributed by atoms with Crippen LogP contribution in [0.2, 0.25) is 0 Å². The molecule has 1 aromatic rings. The molecule has 1 aliphatic rings. The van der Waals surface area contributed by atoms with Crippen LogP contribution in [-0.4, -0.2) is 22.1 Å². The van der Waals surface area contributed by atoms with E-state index in [0.717, 1.165) is 25.0 Å². The maximum absolute atomic E-state index is 13.3. The van der Waals surface area contributed by atoms with E-state index in [4.69, 9.17) is 0 Å². The SMILES string of the molecule is C=C(CCC(CCC)CCCC)N(C)C1CCc2c1n[nH]c(=O)c2C(F)(F)F. The molecule has 0 radical (unpaired) electrons. The van der Waals surface area contributed by atoms with Gasteiger partial charge in [-0.3, -0.25) is 4.79 Å². The van der Waals surface area contributed by atoms with Gasteiger partial charge >= 0.3 is 6.18 Å². The van der Waals surface area contributed by atoms with Gasteiger partial charge in [0.2, 0.25) is 0 Å². The second-order valence-electron chi connectivity index (χ2n) is 7.86. The van der Waals surface area contributed by atoms with Crippen LogP contribution >= 0.6 is 0 Å². The van der Waals surface area contributed by atoms with Crippen LogP contribution in [0.15, 0.2) is 17.1 Å². The molecule has 2 rings (SSSR count). The van der Waals surface area contributed by atoms with Gasteiger partial charge in [-0.05, 0) is 37.2 Å². The third kappa shape index (κ3) is 5.17. The van der Waals surface area contributed by atoms with Crippen LogP contribution in [0.3, 0.4) is 0 Å². The third-order valence-electron chi connectivity index (χ3n) is 5.85. The molecule has 28 heavy (non-hydrogen) atoms. The Hall–Kier alpha value is -1.79. The lowest BCUT2D eigenvalue weighted by Crippen LogP contribution is -2.28. The molecule has 0 spiro atoms. The molecule has 7 heteroatoms. The van der Waals surface area contributed by atoms with Crippen LogP contribution in [0.25, 0.3) is 0 Å². The zero-order chi connectivity index (χ0) is 20.9. The van der Waals surface area contributed by atoms with Gasteiger partial charge in [-0.1, -0.05) is 52.5 Å². The standard InChI is InChI=1S/C21H32F3N3O/c1-5-7-9-15(8-6-2)11-10-14(3)27(4)17-13-12-16-18(21(22,23)24)20(28)26-25-19(16)17/h15,17H,3,5-13H2,1-2,4H3,(H,26,28). The minimum atomic E-state index is -4.67. The van der Waals surface area contributed by atoms with E-state index in [-0.39, 0.29) is 18.0 Å². The number of aromatic amines is 1. The predicted molar refractivity (Wildman–Crippen MR) is 105 cm³/mol. The molecular weight excluding hydrogens is 367 g/mol. The van der Waals surface area contributed by atoms with Crippen LogP contribution in [0.4, 0.5) is 13.2 Å². The predicted octanol–water partition coefficient (Wildman–Crippen LogP) is 5.61. The Morgan fingerprint density at radius 1 is 1.29 bits per heavy atom. The van der Waals surface area contributed by atoms with Gasteiger partial charge in [0.05, 0.1) is 11.7 Å². The molecule has 2 atom stereocenters. The van der Waals surface area contributed by atoms with Crippen molar-refractivity contribution in [2.75, 3.05) is 7.05 Å². The average molecular weight is 400 g/mol. The van der Waals surface area contributed by atoms with Crippen LogP contribution in [0.1, 0.15) is 88.1 Å². The highest BCUT2D eigenvalue weighted by molar-refractivity contribution is 5.36. The van der Waals surface area contributed by atoms with Gasteiger partial charge in [0.1, 0.15) is 5.56 Å². The van der Waals surface area contributed by atoms with Crippen molar-refractivity contribution in [3.63, 3.8) is 0 Å². The molecule has 1 heterocycles. The van der Waals surface area contributed by atoms with Crippen molar-refractivity contribution in [1.82, 2.24) is 15.1 Å². The van der Waals surface area contributed by atoms with Gasteiger partial charge in [0.25, 0.3) is 5.56 Å². The number of hydrogen-bond donors (Lipinski definition) is 1. The lowest BCUT2D eigenvalue weighted by Gasteiger charge is -2.29. The van der Waals surface area contributed by atoms with E-state index in [2.05, 4.69) is 25.5 Å². The number of alkyl halides is 3. The average Bonchev–Trinajstić information content (AvgIpc) is 3.05. The first-order chi connectivity index (χ1) is 13.2. The maximum atomic E-state index is 13.3. The summed E-state index contributed by atoms with van der Waals surface area (Å²) in [4.78, 5) is 13.6. The molecule has 4 nitrogen and oxygen atoms in total. The number of hydrogen-bond acceptors (Lipinski definition) is 3. The van der Waals surface area contributed by atoms with Crippen LogP contribution in [0.5, 0.6) is 0 Å². The number of allylic oxidation sites excluding steroid dienone is 1. The van der Waals surface area contributed by atoms with Crippen LogP contribution in [-0.2, 0) is 12.6 Å². The minimum absolute atomic E-state index is 0.0349. The largest absolute Gasteiger partial charge is 0.422 e. The zero-order valence-corrected chi connectivity index (χ0v) is 17.2. The van der Waals surface area contributed by atoms with E-state index < -0.39 is 17.3 Å². The van der Waals surface area contributed by atoms with Crippen molar-refractivity contribution in [2.24, 2.45) is 5.92 Å². The highest BCUT2D eigenvalue weighted by Crippen LogP contribution is 2.40. The Labute approximate surface area is 165 Å². The summed E-state index contributed by atoms with van der Waals surface area (Å²) in [7, 11) is 1.86. The van der Waals surface area contributed by atoms with Crippen molar-refractivity contribution in [3.05, 3.63) is 39.5 Å². The van der Waals surface area contributed by atoms with Crippen molar-refractivity contribution >= 4 is 0 Å². The Kier molecular flexibility index (Phi) is 7.72. The number of H-pyrrole nitrogens is 1. The first-order valence-corrected chi connectivity index (χ1v) is 10.3. The monoisotopic (exact) mass is 399 g/mol. The molecule has 1 aliphatic carbocycles. The van der Waals surface area contributed by atoms with Crippen molar-refractivity contribution in [3.8, 4) is 0 Å². The molecule has 0 fully saturated rings. The van der Waals surface area contributed by atoms with E-state index in [1.54, 1.807) is 0 Å². The summed E-state index contributed by atoms with van der Waals surface area (Å²) in [6.45, 7) is 8.57. The molecule has 158 valence electrons. The second kappa shape index (κ2) is 9.61. The van der Waals surface area contributed by atoms with E-state index in [1.807, 2.05) is 17.0 Å². The highest BCUT2D eigenvalue weighted by Gasteiger charge is 2.42. The number of nitrogens with zero attached hydrogens (tertiary/aromatic N) is 2. The first kappa shape index (κ1) is 22.5. The number of nitrogens with one attached hydrogen (secondary N) is 1. The zero-order valence-electron chi connectivity index (χ0n) is 17.2. The molecular formula is C21H32F3N3O. The van der Waals surface area contributed by atoms with Crippen molar-refractivity contribution in [1.29, 1.82) is 0 Å². The fourth-order valence-corrected chi connectivity index (χ4v) is 4.22. The summed E-state index contributed by atoms with van der Waals surface area (Å²) in [6, 6.07) is -0.277. The summed E-state index contributed by atoms with van der Waals surface area (Å²) in [6.07, 6.45) is 3.89. The summed E-state index contributed by atoms with van der Waals surface area (Å²) in [5.74, 6) is 0.664. The summed E-state index contributed by atoms with van der Waals surface area (Å²) in [5, 5.41) is 6.00. The quantitative estimate of drug-likeness (QED) is 0.556. The van der Waals surface area contributed by atoms with Gasteiger partial charge in [0.15, 0.2) is 0 Å². The molecule has 0 amide bonds. The smallest absolute Gasteiger partial charge is 0.370 e. The molecule has 0 saturated heterocycles. The fourth-order valence-electron chi connectivity index (χ4n) is 4.22. The van der Waals surface area contributed by atoms with E-state index in [0.29, 0.717) is 18.0 Å². The van der Waals surface area contributed by atoms with E-state index >= 15 is 0 Å². The lowest BCUT2D eigenvalue weighted by molar-refractivity contribution is -0.139. The summed E-state index contributed by atoms with van der Waals surface area (Å²) >= 11 is 0. The molecule has 0 bridgehead atoms. The van der Waals surface area contributed by atoms with Crippen LogP contribution in [0, 0.1) is 5.92 Å².